The van der Waals surface area contributed by atoms with Crippen molar-refractivity contribution in [1.29, 1.82) is 0 Å². The van der Waals surface area contributed by atoms with Crippen molar-refractivity contribution in [1.82, 2.24) is 4.90 Å². The number of piperidine rings is 1. The number of likely N-dealkylation sites (tertiary alicyclic amines) is 1. The molecule has 0 spiro atoms. The number of benzene rings is 1. The van der Waals surface area contributed by atoms with Crippen molar-refractivity contribution in [2.45, 2.75) is 72.6 Å². The van der Waals surface area contributed by atoms with Crippen molar-refractivity contribution < 1.29 is 0 Å². The van der Waals surface area contributed by atoms with Crippen molar-refractivity contribution in [3.63, 3.8) is 0 Å². The van der Waals surface area contributed by atoms with Crippen molar-refractivity contribution in [3.05, 3.63) is 41.5 Å². The maximum absolute atomic E-state index is 2.64. The number of nitrogens with zero attached hydrogens (tertiary/aromatic N) is 1. The van der Waals surface area contributed by atoms with Crippen LogP contribution in [0, 0.1) is 10.8 Å². The Bertz CT molecular complexity index is 621. The summed E-state index contributed by atoms with van der Waals surface area (Å²) in [6.45, 7) is 15.8. The highest BCUT2D eigenvalue weighted by molar-refractivity contribution is 5.85. The zero-order valence-electron chi connectivity index (χ0n) is 17.5. The predicted octanol–water partition coefficient (Wildman–Crippen LogP) is 6.93. The SMILES string of the molecule is CCCN1CCC(c2ccccc2C2=CC(C)(C)CC(C)(C)C2)CC1.Cl. The third-order valence-corrected chi connectivity index (χ3v) is 6.04. The van der Waals surface area contributed by atoms with Crippen LogP contribution in [0.2, 0.25) is 0 Å². The molecule has 1 heterocycles. The van der Waals surface area contributed by atoms with E-state index in [1.165, 1.54) is 57.3 Å². The lowest BCUT2D eigenvalue weighted by molar-refractivity contribution is 0.212. The normalized spacial score (nSPS) is 23.2. The van der Waals surface area contributed by atoms with E-state index in [2.05, 4.69) is 69.9 Å². The van der Waals surface area contributed by atoms with Crippen molar-refractivity contribution in [3.8, 4) is 0 Å². The van der Waals surface area contributed by atoms with Crippen LogP contribution >= 0.6 is 12.4 Å². The van der Waals surface area contributed by atoms with E-state index in [1.807, 2.05) is 0 Å². The van der Waals surface area contributed by atoms with Crippen LogP contribution in [0.3, 0.4) is 0 Å². The van der Waals surface area contributed by atoms with Gasteiger partial charge in [-0.1, -0.05) is 65.0 Å². The fourth-order valence-electron chi connectivity index (χ4n) is 5.49. The Morgan fingerprint density at radius 3 is 2.31 bits per heavy atom. The van der Waals surface area contributed by atoms with Gasteiger partial charge in [-0.25, -0.2) is 0 Å². The molecule has 1 saturated heterocycles. The summed E-state index contributed by atoms with van der Waals surface area (Å²) in [5.74, 6) is 0.735. The van der Waals surface area contributed by atoms with E-state index < -0.39 is 0 Å². The van der Waals surface area contributed by atoms with Crippen LogP contribution in [0.5, 0.6) is 0 Å². The van der Waals surface area contributed by atoms with Gasteiger partial charge >= 0.3 is 0 Å². The molecule has 1 aliphatic carbocycles. The summed E-state index contributed by atoms with van der Waals surface area (Å²) in [6.07, 6.45) is 8.97. The van der Waals surface area contributed by atoms with E-state index in [1.54, 1.807) is 11.1 Å². The molecule has 0 bridgehead atoms. The number of hydrogen-bond acceptors (Lipinski definition) is 1. The second-order valence-corrected chi connectivity index (χ2v) is 9.88. The van der Waals surface area contributed by atoms with Gasteiger partial charge in [-0.2, -0.15) is 0 Å². The fraction of sp³-hybridized carbons (Fsp3) is 0.667. The van der Waals surface area contributed by atoms with Crippen LogP contribution in [-0.4, -0.2) is 24.5 Å². The van der Waals surface area contributed by atoms with Crippen LogP contribution in [0.1, 0.15) is 83.8 Å². The predicted molar refractivity (Wildman–Crippen MR) is 117 cm³/mol. The van der Waals surface area contributed by atoms with E-state index in [0.717, 1.165) is 5.92 Å². The summed E-state index contributed by atoms with van der Waals surface area (Å²) < 4.78 is 0. The van der Waals surface area contributed by atoms with E-state index in [9.17, 15) is 0 Å². The monoisotopic (exact) mass is 375 g/mol. The molecule has 0 unspecified atom stereocenters. The smallest absolute Gasteiger partial charge is 0.00129 e. The summed E-state index contributed by atoms with van der Waals surface area (Å²) in [5, 5.41) is 0. The van der Waals surface area contributed by atoms with Crippen molar-refractivity contribution >= 4 is 18.0 Å². The topological polar surface area (TPSA) is 3.24 Å². The van der Waals surface area contributed by atoms with Crippen LogP contribution < -0.4 is 0 Å². The first-order chi connectivity index (χ1) is 11.8. The lowest BCUT2D eigenvalue weighted by Crippen LogP contribution is -2.33. The summed E-state index contributed by atoms with van der Waals surface area (Å²) in [4.78, 5) is 2.64. The number of allylic oxidation sites excluding steroid dienone is 2. The molecule has 0 aromatic heterocycles. The second-order valence-electron chi connectivity index (χ2n) is 9.88. The van der Waals surface area contributed by atoms with Gasteiger partial charge in [0.2, 0.25) is 0 Å². The van der Waals surface area contributed by atoms with Crippen LogP contribution in [0.25, 0.3) is 5.57 Å². The molecular weight excluding hydrogens is 338 g/mol. The Hall–Kier alpha value is -0.790. The first kappa shape index (κ1) is 21.5. The summed E-state index contributed by atoms with van der Waals surface area (Å²) >= 11 is 0. The zero-order valence-corrected chi connectivity index (χ0v) is 18.3. The number of halogens is 1. The molecular formula is C24H38ClN. The van der Waals surface area contributed by atoms with Crippen molar-refractivity contribution in [2.24, 2.45) is 10.8 Å². The second kappa shape index (κ2) is 8.48. The molecule has 26 heavy (non-hydrogen) atoms. The molecule has 1 fully saturated rings. The lowest BCUT2D eigenvalue weighted by Gasteiger charge is -2.40. The van der Waals surface area contributed by atoms with E-state index >= 15 is 0 Å². The van der Waals surface area contributed by atoms with Gasteiger partial charge in [0, 0.05) is 0 Å². The Labute approximate surface area is 167 Å². The molecule has 1 aromatic rings. The Balaban J connectivity index is 0.00000243. The summed E-state index contributed by atoms with van der Waals surface area (Å²) in [6, 6.07) is 9.28. The van der Waals surface area contributed by atoms with E-state index in [4.69, 9.17) is 0 Å². The molecule has 0 N–H and O–H groups in total. The molecule has 2 aliphatic rings. The molecule has 1 aromatic carbocycles. The average Bonchev–Trinajstić information content (AvgIpc) is 2.53. The maximum Gasteiger partial charge on any atom is -0.00129 e. The molecule has 0 radical (unpaired) electrons. The van der Waals surface area contributed by atoms with Gasteiger partial charge in [0.1, 0.15) is 0 Å². The van der Waals surface area contributed by atoms with Gasteiger partial charge in [-0.05, 0) is 85.2 Å². The molecule has 3 rings (SSSR count). The largest absolute Gasteiger partial charge is 0.303 e. The third kappa shape index (κ3) is 5.14. The quantitative estimate of drug-likeness (QED) is 0.551. The van der Waals surface area contributed by atoms with Crippen LogP contribution in [0.4, 0.5) is 0 Å². The van der Waals surface area contributed by atoms with Crippen LogP contribution in [0.15, 0.2) is 30.3 Å². The molecule has 1 aliphatic heterocycles. The molecule has 146 valence electrons. The zero-order chi connectivity index (χ0) is 18.1. The van der Waals surface area contributed by atoms with Crippen LogP contribution in [-0.2, 0) is 0 Å². The van der Waals surface area contributed by atoms with E-state index in [0.29, 0.717) is 10.8 Å². The summed E-state index contributed by atoms with van der Waals surface area (Å²) in [7, 11) is 0. The number of rotatable bonds is 4. The Morgan fingerprint density at radius 1 is 1.04 bits per heavy atom. The van der Waals surface area contributed by atoms with Gasteiger partial charge in [-0.15, -0.1) is 12.4 Å². The molecule has 2 heteroatoms. The van der Waals surface area contributed by atoms with E-state index in [-0.39, 0.29) is 12.4 Å². The first-order valence-electron chi connectivity index (χ1n) is 10.3. The standard InChI is InChI=1S/C24H37N.ClH/c1-6-13-25-14-11-19(12-15-25)21-9-7-8-10-22(21)20-16-23(2,3)18-24(4,5)17-20;/h7-10,16,19H,6,11-15,17-18H2,1-5H3;1H. The van der Waals surface area contributed by atoms with Gasteiger partial charge in [0.25, 0.3) is 0 Å². The molecule has 1 nitrogen and oxygen atoms in total. The Morgan fingerprint density at radius 2 is 1.69 bits per heavy atom. The maximum atomic E-state index is 2.64. The van der Waals surface area contributed by atoms with Gasteiger partial charge < -0.3 is 4.90 Å². The highest BCUT2D eigenvalue weighted by Crippen LogP contribution is 2.48. The minimum atomic E-state index is 0. The molecule has 0 amide bonds. The van der Waals surface area contributed by atoms with Gasteiger partial charge in [0.15, 0.2) is 0 Å². The highest BCUT2D eigenvalue weighted by Gasteiger charge is 2.34. The molecule has 0 saturated carbocycles. The average molecular weight is 376 g/mol. The summed E-state index contributed by atoms with van der Waals surface area (Å²) in [5.41, 5.74) is 5.43. The first-order valence-corrected chi connectivity index (χ1v) is 10.3. The Kier molecular flexibility index (Phi) is 7.02. The highest BCUT2D eigenvalue weighted by atomic mass is 35.5. The fourth-order valence-corrected chi connectivity index (χ4v) is 5.49. The van der Waals surface area contributed by atoms with Gasteiger partial charge in [0.05, 0.1) is 0 Å². The molecule has 0 atom stereocenters. The third-order valence-electron chi connectivity index (χ3n) is 6.04. The number of hydrogen-bond donors (Lipinski definition) is 0. The van der Waals surface area contributed by atoms with Crippen molar-refractivity contribution in [2.75, 3.05) is 19.6 Å². The minimum absolute atomic E-state index is 0. The minimum Gasteiger partial charge on any atom is -0.303 e. The van der Waals surface area contributed by atoms with Gasteiger partial charge in [-0.3, -0.25) is 0 Å². The lowest BCUT2D eigenvalue weighted by atomic mass is 9.65.